The SMILES string of the molecule is CCNC(=NCC(C)Oc1ccccc1F)NCCN1C(=O)CNC1=O. The van der Waals surface area contributed by atoms with Gasteiger partial charge in [0.15, 0.2) is 17.5 Å². The highest BCUT2D eigenvalue weighted by atomic mass is 19.1. The maximum atomic E-state index is 13.6. The number of rotatable bonds is 8. The van der Waals surface area contributed by atoms with E-state index in [1.807, 2.05) is 6.92 Å². The average Bonchev–Trinajstić information content (AvgIpc) is 2.93. The molecule has 142 valence electrons. The maximum Gasteiger partial charge on any atom is 0.324 e. The molecule has 3 amide bonds. The highest BCUT2D eigenvalue weighted by Gasteiger charge is 2.27. The van der Waals surface area contributed by atoms with Crippen LogP contribution >= 0.6 is 0 Å². The molecule has 1 aliphatic heterocycles. The van der Waals surface area contributed by atoms with Crippen LogP contribution in [0, 0.1) is 5.82 Å². The third kappa shape index (κ3) is 5.61. The van der Waals surface area contributed by atoms with E-state index in [1.54, 1.807) is 25.1 Å². The monoisotopic (exact) mass is 365 g/mol. The van der Waals surface area contributed by atoms with Crippen LogP contribution in [0.1, 0.15) is 13.8 Å². The number of ether oxygens (including phenoxy) is 1. The van der Waals surface area contributed by atoms with E-state index in [4.69, 9.17) is 4.74 Å². The van der Waals surface area contributed by atoms with Gasteiger partial charge in [-0.3, -0.25) is 9.69 Å². The van der Waals surface area contributed by atoms with Gasteiger partial charge in [-0.1, -0.05) is 12.1 Å². The molecular weight excluding hydrogens is 341 g/mol. The highest BCUT2D eigenvalue weighted by molar-refractivity contribution is 6.01. The molecule has 9 heteroatoms. The summed E-state index contributed by atoms with van der Waals surface area (Å²) in [5.74, 6) is 0.0582. The number of para-hydroxylation sites is 1. The van der Waals surface area contributed by atoms with Gasteiger partial charge in [-0.2, -0.15) is 0 Å². The van der Waals surface area contributed by atoms with Crippen LogP contribution in [0.5, 0.6) is 5.75 Å². The third-order valence-electron chi connectivity index (χ3n) is 3.58. The van der Waals surface area contributed by atoms with Gasteiger partial charge in [0.2, 0.25) is 5.91 Å². The Hall–Kier alpha value is -2.84. The number of halogens is 1. The lowest BCUT2D eigenvalue weighted by atomic mass is 10.3. The number of aliphatic imine (C=N–C) groups is 1. The van der Waals surface area contributed by atoms with E-state index < -0.39 is 5.82 Å². The number of hydrogen-bond donors (Lipinski definition) is 3. The van der Waals surface area contributed by atoms with Crippen LogP contribution in [0.3, 0.4) is 0 Å². The fraction of sp³-hybridized carbons (Fsp3) is 0.471. The first-order chi connectivity index (χ1) is 12.5. The minimum atomic E-state index is -0.415. The number of imide groups is 1. The summed E-state index contributed by atoms with van der Waals surface area (Å²) in [6, 6.07) is 5.83. The van der Waals surface area contributed by atoms with Gasteiger partial charge >= 0.3 is 6.03 Å². The van der Waals surface area contributed by atoms with Crippen molar-refractivity contribution in [1.29, 1.82) is 0 Å². The van der Waals surface area contributed by atoms with E-state index in [-0.39, 0.29) is 36.9 Å². The van der Waals surface area contributed by atoms with Crippen LogP contribution in [0.25, 0.3) is 0 Å². The summed E-state index contributed by atoms with van der Waals surface area (Å²) in [6.45, 7) is 5.34. The smallest absolute Gasteiger partial charge is 0.324 e. The fourth-order valence-corrected chi connectivity index (χ4v) is 2.32. The molecule has 0 aliphatic carbocycles. The number of benzene rings is 1. The molecule has 8 nitrogen and oxygen atoms in total. The molecule has 0 aromatic heterocycles. The zero-order chi connectivity index (χ0) is 18.9. The molecule has 1 fully saturated rings. The van der Waals surface area contributed by atoms with Crippen LogP contribution in [0.15, 0.2) is 29.3 Å². The molecule has 0 radical (unpaired) electrons. The van der Waals surface area contributed by atoms with Gasteiger partial charge in [0, 0.05) is 19.6 Å². The summed E-state index contributed by atoms with van der Waals surface area (Å²) in [7, 11) is 0. The second-order valence-corrected chi connectivity index (χ2v) is 5.71. The van der Waals surface area contributed by atoms with E-state index in [0.717, 1.165) is 4.90 Å². The van der Waals surface area contributed by atoms with Crippen molar-refractivity contribution >= 4 is 17.9 Å². The number of carbonyl (C=O) groups excluding carboxylic acids is 2. The topological polar surface area (TPSA) is 95.1 Å². The van der Waals surface area contributed by atoms with Crippen molar-refractivity contribution in [2.24, 2.45) is 4.99 Å². The highest BCUT2D eigenvalue weighted by Crippen LogP contribution is 2.16. The molecule has 1 heterocycles. The van der Waals surface area contributed by atoms with Crippen molar-refractivity contribution in [2.75, 3.05) is 32.7 Å². The van der Waals surface area contributed by atoms with Crippen molar-refractivity contribution in [3.8, 4) is 5.75 Å². The maximum absolute atomic E-state index is 13.6. The molecule has 0 saturated carbocycles. The lowest BCUT2D eigenvalue weighted by molar-refractivity contribution is -0.124. The molecule has 0 bridgehead atoms. The molecule has 0 spiro atoms. The Morgan fingerprint density at radius 2 is 2.15 bits per heavy atom. The molecule has 1 atom stereocenters. The van der Waals surface area contributed by atoms with Crippen molar-refractivity contribution in [3.05, 3.63) is 30.1 Å². The predicted molar refractivity (Wildman–Crippen MR) is 95.6 cm³/mol. The van der Waals surface area contributed by atoms with Crippen molar-refractivity contribution in [3.63, 3.8) is 0 Å². The van der Waals surface area contributed by atoms with Crippen LogP contribution in [0.2, 0.25) is 0 Å². The van der Waals surface area contributed by atoms with E-state index in [0.29, 0.717) is 25.6 Å². The lowest BCUT2D eigenvalue weighted by Gasteiger charge is -2.17. The first-order valence-electron chi connectivity index (χ1n) is 8.52. The van der Waals surface area contributed by atoms with Gasteiger partial charge in [-0.05, 0) is 26.0 Å². The van der Waals surface area contributed by atoms with Crippen LogP contribution < -0.4 is 20.7 Å². The molecule has 3 N–H and O–H groups in total. The summed E-state index contributed by atoms with van der Waals surface area (Å²) in [5.41, 5.74) is 0. The third-order valence-corrected chi connectivity index (χ3v) is 3.58. The van der Waals surface area contributed by atoms with E-state index >= 15 is 0 Å². The number of amides is 3. The Kier molecular flexibility index (Phi) is 7.19. The second-order valence-electron chi connectivity index (χ2n) is 5.71. The molecule has 1 saturated heterocycles. The van der Waals surface area contributed by atoms with E-state index in [1.165, 1.54) is 6.07 Å². The van der Waals surface area contributed by atoms with Crippen molar-refractivity contribution in [1.82, 2.24) is 20.9 Å². The summed E-state index contributed by atoms with van der Waals surface area (Å²) in [6.07, 6.45) is -0.326. The van der Waals surface area contributed by atoms with Gasteiger partial charge in [0.05, 0.1) is 13.1 Å². The summed E-state index contributed by atoms with van der Waals surface area (Å²) in [4.78, 5) is 28.5. The number of nitrogens with one attached hydrogen (secondary N) is 3. The normalized spacial score (nSPS) is 15.7. The molecule has 1 aliphatic rings. The first kappa shape index (κ1) is 19.5. The Labute approximate surface area is 151 Å². The zero-order valence-corrected chi connectivity index (χ0v) is 14.9. The van der Waals surface area contributed by atoms with Crippen LogP contribution in [-0.4, -0.2) is 61.6 Å². The Balaban J connectivity index is 1.82. The predicted octanol–water partition coefficient (Wildman–Crippen LogP) is 0.700. The fourth-order valence-electron chi connectivity index (χ4n) is 2.32. The number of urea groups is 1. The summed E-state index contributed by atoms with van der Waals surface area (Å²) in [5, 5.41) is 8.59. The van der Waals surface area contributed by atoms with Gasteiger partial charge < -0.3 is 20.7 Å². The Morgan fingerprint density at radius 1 is 1.38 bits per heavy atom. The minimum Gasteiger partial charge on any atom is -0.486 e. The summed E-state index contributed by atoms with van der Waals surface area (Å²) >= 11 is 0. The van der Waals surface area contributed by atoms with Gasteiger partial charge in [0.25, 0.3) is 0 Å². The quantitative estimate of drug-likeness (QED) is 0.358. The lowest BCUT2D eigenvalue weighted by Crippen LogP contribution is -2.43. The molecule has 1 unspecified atom stereocenters. The zero-order valence-electron chi connectivity index (χ0n) is 14.9. The summed E-state index contributed by atoms with van der Waals surface area (Å²) < 4.78 is 19.1. The van der Waals surface area contributed by atoms with Crippen LogP contribution in [-0.2, 0) is 4.79 Å². The van der Waals surface area contributed by atoms with Gasteiger partial charge in [-0.25, -0.2) is 14.2 Å². The van der Waals surface area contributed by atoms with Crippen molar-refractivity contribution < 1.29 is 18.7 Å². The van der Waals surface area contributed by atoms with Gasteiger partial charge in [-0.15, -0.1) is 0 Å². The molecule has 1 aromatic carbocycles. The number of nitrogens with zero attached hydrogens (tertiary/aromatic N) is 2. The molecule has 1 aromatic rings. The standard InChI is InChI=1S/C17H24FN5O3/c1-3-19-16(20-8-9-23-15(24)11-22-17(23)25)21-10-12(2)26-14-7-5-4-6-13(14)18/h4-7,12H,3,8-11H2,1-2H3,(H,22,25)(H2,19,20,21). The van der Waals surface area contributed by atoms with Gasteiger partial charge in [0.1, 0.15) is 6.10 Å². The second kappa shape index (κ2) is 9.59. The van der Waals surface area contributed by atoms with E-state index in [9.17, 15) is 14.0 Å². The molecule has 26 heavy (non-hydrogen) atoms. The average molecular weight is 365 g/mol. The Morgan fingerprint density at radius 3 is 2.81 bits per heavy atom. The minimum absolute atomic E-state index is 0.0396. The van der Waals surface area contributed by atoms with Crippen molar-refractivity contribution in [2.45, 2.75) is 20.0 Å². The number of hydrogen-bond acceptors (Lipinski definition) is 4. The van der Waals surface area contributed by atoms with E-state index in [2.05, 4.69) is 20.9 Å². The molecule has 2 rings (SSSR count). The van der Waals surface area contributed by atoms with Crippen LogP contribution in [0.4, 0.5) is 9.18 Å². The number of carbonyl (C=O) groups is 2. The largest absolute Gasteiger partial charge is 0.486 e. The first-order valence-corrected chi connectivity index (χ1v) is 8.52. The number of guanidine groups is 1. The Bertz CT molecular complexity index is 652. The molecular formula is C17H24FN5O3.